The summed E-state index contributed by atoms with van der Waals surface area (Å²) in [6.45, 7) is 1.98. The second-order valence-electron chi connectivity index (χ2n) is 6.81. The van der Waals surface area contributed by atoms with E-state index in [1.807, 2.05) is 12.1 Å². The lowest BCUT2D eigenvalue weighted by atomic mass is 10.1. The van der Waals surface area contributed by atoms with E-state index in [0.717, 1.165) is 47.3 Å². The number of nitrogens with zero attached hydrogens (tertiary/aromatic N) is 2. The lowest BCUT2D eigenvalue weighted by molar-refractivity contribution is -0.616. The number of rotatable bonds is 5. The zero-order valence-corrected chi connectivity index (χ0v) is 17.6. The molecule has 0 fully saturated rings. The number of anilines is 1. The number of para-hydroxylation sites is 2. The van der Waals surface area contributed by atoms with Crippen molar-refractivity contribution in [3.63, 3.8) is 0 Å². The monoisotopic (exact) mass is 461 g/mol. The molecule has 5 heteroatoms. The molecule has 0 spiro atoms. The fraction of sp³-hybridized carbons (Fsp3) is 0.286. The summed E-state index contributed by atoms with van der Waals surface area (Å²) in [6.07, 6.45) is 1.09. The molecule has 0 saturated heterocycles. The van der Waals surface area contributed by atoms with Gasteiger partial charge in [0.1, 0.15) is 12.6 Å². The highest BCUT2D eigenvalue weighted by molar-refractivity contribution is 6.11. The average molecular weight is 461 g/mol. The number of furan rings is 1. The Morgan fingerprint density at radius 1 is 1.00 bits per heavy atom. The van der Waals surface area contributed by atoms with E-state index in [2.05, 4.69) is 72.3 Å². The molecule has 0 aliphatic heterocycles. The molecular formula is C21H24IN3O. The molecule has 0 atom stereocenters. The summed E-state index contributed by atoms with van der Waals surface area (Å²) in [7, 11) is 6.33. The van der Waals surface area contributed by atoms with Gasteiger partial charge in [-0.25, -0.2) is 0 Å². The van der Waals surface area contributed by atoms with Gasteiger partial charge < -0.3 is 38.6 Å². The molecule has 4 rings (SSSR count). The number of aromatic nitrogens is 1. The van der Waals surface area contributed by atoms with Crippen LogP contribution in [-0.4, -0.2) is 32.1 Å². The first-order valence-electron chi connectivity index (χ1n) is 8.77. The van der Waals surface area contributed by atoms with Gasteiger partial charge in [0, 0.05) is 12.6 Å². The van der Waals surface area contributed by atoms with Crippen LogP contribution < -0.4 is 33.9 Å². The number of halogens is 1. The number of aryl methyl sites for hydroxylation is 1. The van der Waals surface area contributed by atoms with Crippen LogP contribution in [0.2, 0.25) is 0 Å². The largest absolute Gasteiger partial charge is 1.00 e. The van der Waals surface area contributed by atoms with Crippen molar-refractivity contribution in [2.75, 3.05) is 32.5 Å². The smallest absolute Gasteiger partial charge is 0.261 e. The molecule has 0 aliphatic rings. The second-order valence-corrected chi connectivity index (χ2v) is 6.81. The normalized spacial score (nSPS) is 11.4. The molecule has 0 unspecified atom stereocenters. The highest BCUT2D eigenvalue weighted by atomic mass is 127. The van der Waals surface area contributed by atoms with Crippen molar-refractivity contribution in [1.29, 1.82) is 0 Å². The zero-order valence-electron chi connectivity index (χ0n) is 15.4. The fourth-order valence-corrected chi connectivity index (χ4v) is 3.54. The Bertz CT molecular complexity index is 1060. The molecule has 136 valence electrons. The summed E-state index contributed by atoms with van der Waals surface area (Å²) in [5.41, 5.74) is 5.31. The Morgan fingerprint density at radius 3 is 2.46 bits per heavy atom. The molecule has 0 saturated carbocycles. The minimum Gasteiger partial charge on any atom is -1.00 e. The van der Waals surface area contributed by atoms with Crippen LogP contribution in [0, 0.1) is 0 Å². The van der Waals surface area contributed by atoms with E-state index >= 15 is 0 Å². The summed E-state index contributed by atoms with van der Waals surface area (Å²) in [4.78, 5) is 2.21. The molecule has 2 heterocycles. The first kappa shape index (κ1) is 18.9. The number of hydrogen-bond acceptors (Lipinski definition) is 3. The molecule has 0 amide bonds. The topological polar surface area (TPSA) is 32.3 Å². The molecule has 1 N–H and O–H groups in total. The minimum atomic E-state index is 0. The van der Waals surface area contributed by atoms with Gasteiger partial charge in [-0.05, 0) is 45.3 Å². The Kier molecular flexibility index (Phi) is 5.67. The number of fused-ring (bicyclic) bond motifs is 4. The summed E-state index contributed by atoms with van der Waals surface area (Å²) in [5.74, 6) is 0. The lowest BCUT2D eigenvalue weighted by Gasteiger charge is -2.12. The Labute approximate surface area is 170 Å². The molecule has 0 radical (unpaired) electrons. The average Bonchev–Trinajstić information content (AvgIpc) is 3.00. The van der Waals surface area contributed by atoms with Gasteiger partial charge in [-0.15, -0.1) is 0 Å². The van der Waals surface area contributed by atoms with Gasteiger partial charge in [0.2, 0.25) is 11.1 Å². The van der Waals surface area contributed by atoms with E-state index in [9.17, 15) is 0 Å². The first-order chi connectivity index (χ1) is 12.2. The van der Waals surface area contributed by atoms with Crippen LogP contribution in [0.1, 0.15) is 6.42 Å². The molecule has 4 aromatic rings. The Balaban J connectivity index is 0.00000196. The van der Waals surface area contributed by atoms with Crippen molar-refractivity contribution >= 4 is 38.7 Å². The number of nitrogens with one attached hydrogen (secondary N) is 1. The quantitative estimate of drug-likeness (QED) is 0.273. The summed E-state index contributed by atoms with van der Waals surface area (Å²) in [5, 5.41) is 5.99. The maximum atomic E-state index is 6.26. The standard InChI is InChI=1S/C21H23N3O.HI/c1-23(2)14-8-13-22-19-15-9-4-6-11-17(15)24(3)20-16-10-5-7-12-18(16)25-21(19)20;/h4-7,9-12H,8,13-14H2,1-3H3;1H. The van der Waals surface area contributed by atoms with Crippen LogP contribution in [0.15, 0.2) is 52.9 Å². The summed E-state index contributed by atoms with van der Waals surface area (Å²) in [6, 6.07) is 16.8. The molecule has 2 aromatic heterocycles. The minimum absolute atomic E-state index is 0. The van der Waals surface area contributed by atoms with Gasteiger partial charge in [0.25, 0.3) is 5.52 Å². The highest BCUT2D eigenvalue weighted by Gasteiger charge is 2.23. The first-order valence-corrected chi connectivity index (χ1v) is 8.77. The van der Waals surface area contributed by atoms with Crippen molar-refractivity contribution in [2.45, 2.75) is 6.42 Å². The molecule has 0 aliphatic carbocycles. The summed E-state index contributed by atoms with van der Waals surface area (Å²) < 4.78 is 8.49. The Morgan fingerprint density at radius 2 is 1.69 bits per heavy atom. The van der Waals surface area contributed by atoms with Gasteiger partial charge in [-0.2, -0.15) is 4.57 Å². The van der Waals surface area contributed by atoms with Crippen molar-refractivity contribution in [1.82, 2.24) is 4.90 Å². The van der Waals surface area contributed by atoms with E-state index in [1.165, 1.54) is 10.9 Å². The molecule has 2 aromatic carbocycles. The number of benzene rings is 2. The van der Waals surface area contributed by atoms with E-state index in [-0.39, 0.29) is 24.0 Å². The maximum Gasteiger partial charge on any atom is 0.261 e. The fourth-order valence-electron chi connectivity index (χ4n) is 3.54. The molecule has 26 heavy (non-hydrogen) atoms. The van der Waals surface area contributed by atoms with Crippen molar-refractivity contribution in [3.05, 3.63) is 48.5 Å². The predicted molar refractivity (Wildman–Crippen MR) is 104 cm³/mol. The Hall–Kier alpha value is -1.86. The number of hydrogen-bond donors (Lipinski definition) is 1. The predicted octanol–water partition coefficient (Wildman–Crippen LogP) is 0.931. The van der Waals surface area contributed by atoms with Crippen molar-refractivity contribution < 1.29 is 33.0 Å². The SMILES string of the molecule is CN(C)CCCNc1c2ccccc2[n+](C)c2c1oc1ccccc12.[I-]. The highest BCUT2D eigenvalue weighted by Crippen LogP contribution is 2.35. The third-order valence-corrected chi connectivity index (χ3v) is 4.75. The van der Waals surface area contributed by atoms with Crippen LogP contribution >= 0.6 is 0 Å². The van der Waals surface area contributed by atoms with Gasteiger partial charge in [-0.3, -0.25) is 0 Å². The van der Waals surface area contributed by atoms with Crippen LogP contribution in [-0.2, 0) is 7.05 Å². The van der Waals surface area contributed by atoms with Crippen LogP contribution in [0.5, 0.6) is 0 Å². The third-order valence-electron chi connectivity index (χ3n) is 4.75. The van der Waals surface area contributed by atoms with E-state index in [4.69, 9.17) is 4.42 Å². The van der Waals surface area contributed by atoms with E-state index < -0.39 is 0 Å². The third kappa shape index (κ3) is 3.25. The molecular weight excluding hydrogens is 437 g/mol. The molecule has 0 bridgehead atoms. The van der Waals surface area contributed by atoms with Crippen molar-refractivity contribution in [3.8, 4) is 0 Å². The van der Waals surface area contributed by atoms with Gasteiger partial charge >= 0.3 is 0 Å². The van der Waals surface area contributed by atoms with Gasteiger partial charge in [-0.1, -0.05) is 24.3 Å². The van der Waals surface area contributed by atoms with Gasteiger partial charge in [0.05, 0.1) is 16.5 Å². The lowest BCUT2D eigenvalue weighted by Crippen LogP contribution is -3.00. The van der Waals surface area contributed by atoms with E-state index in [1.54, 1.807) is 0 Å². The number of pyridine rings is 1. The van der Waals surface area contributed by atoms with E-state index in [0.29, 0.717) is 0 Å². The van der Waals surface area contributed by atoms with Crippen molar-refractivity contribution in [2.24, 2.45) is 7.05 Å². The zero-order chi connectivity index (χ0) is 17.4. The second kappa shape index (κ2) is 7.80. The van der Waals surface area contributed by atoms with Crippen LogP contribution in [0.3, 0.4) is 0 Å². The van der Waals surface area contributed by atoms with Gasteiger partial charge in [0.15, 0.2) is 0 Å². The van der Waals surface area contributed by atoms with Crippen LogP contribution in [0.25, 0.3) is 33.0 Å². The summed E-state index contributed by atoms with van der Waals surface area (Å²) >= 11 is 0. The van der Waals surface area contributed by atoms with Crippen LogP contribution in [0.4, 0.5) is 5.69 Å². The maximum absolute atomic E-state index is 6.26. The molecule has 4 nitrogen and oxygen atoms in total.